The van der Waals surface area contributed by atoms with Gasteiger partial charge >= 0.3 is 35.8 Å². The predicted molar refractivity (Wildman–Crippen MR) is 224 cm³/mol. The van der Waals surface area contributed by atoms with Gasteiger partial charge in [-0.2, -0.15) is 0 Å². The molecule has 0 amide bonds. The van der Waals surface area contributed by atoms with Crippen molar-refractivity contribution in [3.05, 3.63) is 67.8 Å². The first-order chi connectivity index (χ1) is 28.3. The number of carboxylic acids is 4. The second kappa shape index (κ2) is 20.1. The van der Waals surface area contributed by atoms with Gasteiger partial charge in [0.15, 0.2) is 0 Å². The second-order valence-electron chi connectivity index (χ2n) is 16.8. The summed E-state index contributed by atoms with van der Waals surface area (Å²) >= 11 is 0. The Morgan fingerprint density at radius 3 is 1.41 bits per heavy atom. The van der Waals surface area contributed by atoms with Crippen LogP contribution in [0.1, 0.15) is 114 Å². The lowest BCUT2D eigenvalue weighted by molar-refractivity contribution is -0.142. The monoisotopic (exact) mass is 870 g/mol. The molecule has 0 atom stereocenters. The molecule has 0 spiro atoms. The quantitative estimate of drug-likeness (QED) is 0.0551. The van der Waals surface area contributed by atoms with Crippen LogP contribution in [0, 0.1) is 25.7 Å². The van der Waals surface area contributed by atoms with Gasteiger partial charge < -0.3 is 48.9 Å². The summed E-state index contributed by atoms with van der Waals surface area (Å²) in [4.78, 5) is 69.2. The Bertz CT molecular complexity index is 2110. The topological polar surface area (TPSA) is 250 Å². The van der Waals surface area contributed by atoms with E-state index in [1.165, 1.54) is 7.11 Å². The number of ether oxygens (including phenoxy) is 4. The number of carboxylic acid groups (broad SMARTS) is 4. The standard InChI is InChI=1S/C25H36O8Si.C19H22O8/c1-14(16(11-19(26)27)12-20(28)29)9-10-17-22(31-6)15(2)18-13-32-24(30)21(18)23(17)33-34(7,8)25(3,4)5;1-9(11(6-14(20)21)7-15(22)23)4-5-12-17(24)16-13(8-27-19(16)25)10(2)18(12)26-3/h9,16H,10-13H2,1-8H3,(H,26,27)(H,28,29);4,11,24H,5-8H2,1-3H3,(H,20,21)(H,22,23)/b14-9+;9-4+. The van der Waals surface area contributed by atoms with Gasteiger partial charge in [0.2, 0.25) is 0 Å². The Labute approximate surface area is 356 Å². The third-order valence-electron chi connectivity index (χ3n) is 11.7. The molecule has 0 unspecified atom stereocenters. The van der Waals surface area contributed by atoms with Crippen LogP contribution in [0.4, 0.5) is 0 Å². The smallest absolute Gasteiger partial charge is 0.342 e. The van der Waals surface area contributed by atoms with Gasteiger partial charge in [0, 0.05) is 34.1 Å². The van der Waals surface area contributed by atoms with Crippen LogP contribution in [0.25, 0.3) is 0 Å². The van der Waals surface area contributed by atoms with E-state index in [1.807, 2.05) is 6.92 Å². The number of phenolic OH excluding ortho intramolecular Hbond substituents is 1. The third kappa shape index (κ3) is 11.7. The van der Waals surface area contributed by atoms with Crippen LogP contribution < -0.4 is 13.9 Å². The molecule has 17 heteroatoms. The summed E-state index contributed by atoms with van der Waals surface area (Å²) in [5.74, 6) is -5.45. The zero-order valence-corrected chi connectivity index (χ0v) is 37.7. The van der Waals surface area contributed by atoms with Crippen LogP contribution >= 0.6 is 0 Å². The van der Waals surface area contributed by atoms with Crippen LogP contribution in [0.5, 0.6) is 23.0 Å². The van der Waals surface area contributed by atoms with Gasteiger partial charge in [-0.05, 0) is 69.8 Å². The minimum absolute atomic E-state index is 0.0678. The maximum atomic E-state index is 12.7. The number of carbonyl (C=O) groups is 6. The summed E-state index contributed by atoms with van der Waals surface area (Å²) in [5.41, 5.74) is 5.58. The number of fused-ring (bicyclic) bond motifs is 2. The van der Waals surface area contributed by atoms with E-state index in [4.69, 9.17) is 33.6 Å². The van der Waals surface area contributed by atoms with E-state index in [0.717, 1.165) is 11.1 Å². The molecule has 0 radical (unpaired) electrons. The molecule has 2 heterocycles. The fourth-order valence-corrected chi connectivity index (χ4v) is 8.09. The van der Waals surface area contributed by atoms with E-state index in [9.17, 15) is 44.1 Å². The first kappa shape index (κ1) is 49.5. The molecule has 16 nitrogen and oxygen atoms in total. The molecular weight excluding hydrogens is 813 g/mol. The van der Waals surface area contributed by atoms with Crippen molar-refractivity contribution in [2.75, 3.05) is 14.2 Å². The Morgan fingerprint density at radius 1 is 0.672 bits per heavy atom. The summed E-state index contributed by atoms with van der Waals surface area (Å²) in [6, 6.07) is 0. The second-order valence-corrected chi connectivity index (χ2v) is 21.5. The molecule has 4 rings (SSSR count). The Balaban J connectivity index is 0.000000334. The van der Waals surface area contributed by atoms with E-state index in [1.54, 1.807) is 40.0 Å². The van der Waals surface area contributed by atoms with Crippen molar-refractivity contribution in [2.24, 2.45) is 11.8 Å². The third-order valence-corrected chi connectivity index (χ3v) is 16.0. The average molecular weight is 871 g/mol. The van der Waals surface area contributed by atoms with Gasteiger partial charge in [-0.1, -0.05) is 44.1 Å². The van der Waals surface area contributed by atoms with Crippen molar-refractivity contribution >= 4 is 44.1 Å². The summed E-state index contributed by atoms with van der Waals surface area (Å²) in [5, 5.41) is 46.9. The van der Waals surface area contributed by atoms with E-state index in [2.05, 4.69) is 33.9 Å². The molecule has 0 saturated heterocycles. The summed E-state index contributed by atoms with van der Waals surface area (Å²) in [6.07, 6.45) is 2.71. The molecule has 0 aromatic heterocycles. The lowest BCUT2D eigenvalue weighted by Crippen LogP contribution is -2.44. The highest BCUT2D eigenvalue weighted by Gasteiger charge is 2.42. The van der Waals surface area contributed by atoms with Gasteiger partial charge in [-0.15, -0.1) is 0 Å². The molecule has 2 aliphatic rings. The molecule has 2 aromatic carbocycles. The highest BCUT2D eigenvalue weighted by Crippen LogP contribution is 2.47. The van der Waals surface area contributed by atoms with Gasteiger partial charge in [0.25, 0.3) is 8.32 Å². The van der Waals surface area contributed by atoms with E-state index in [-0.39, 0.29) is 68.1 Å². The maximum Gasteiger partial charge on any atom is 0.342 e. The molecule has 334 valence electrons. The lowest BCUT2D eigenvalue weighted by Gasteiger charge is -2.37. The van der Waals surface area contributed by atoms with E-state index >= 15 is 0 Å². The first-order valence-electron chi connectivity index (χ1n) is 19.6. The van der Waals surface area contributed by atoms with Gasteiger partial charge in [-0.3, -0.25) is 19.2 Å². The number of esters is 2. The number of benzene rings is 2. The Morgan fingerprint density at radius 2 is 1.03 bits per heavy atom. The molecule has 0 aliphatic carbocycles. The fourth-order valence-electron chi connectivity index (χ4n) is 7.05. The van der Waals surface area contributed by atoms with Gasteiger partial charge in [-0.25, -0.2) is 9.59 Å². The largest absolute Gasteiger partial charge is 0.543 e. The molecular formula is C44H58O16Si. The number of rotatable bonds is 18. The van der Waals surface area contributed by atoms with E-state index < -0.39 is 56.0 Å². The number of methoxy groups -OCH3 is 2. The SMILES string of the molecule is COc1c(C)c2c(c(O)c1C/C=C(\C)C(CC(=O)O)CC(=O)O)C(=O)OC2.COc1c(C)c2c(c(O[Si](C)(C)C(C)(C)C)c1C/C=C(\C)C(CC(=O)O)CC(=O)O)C(=O)OC2. The Kier molecular flexibility index (Phi) is 16.4. The molecule has 0 saturated carbocycles. The van der Waals surface area contributed by atoms with Crippen molar-refractivity contribution < 1.29 is 77.7 Å². The number of allylic oxidation sites excluding steroid dienone is 4. The number of phenols is 1. The van der Waals surface area contributed by atoms with E-state index in [0.29, 0.717) is 56.2 Å². The van der Waals surface area contributed by atoms with Crippen molar-refractivity contribution in [1.82, 2.24) is 0 Å². The summed E-state index contributed by atoms with van der Waals surface area (Å²) in [7, 11) is 0.640. The van der Waals surface area contributed by atoms with Crippen LogP contribution in [0.2, 0.25) is 18.1 Å². The number of hydrogen-bond donors (Lipinski definition) is 5. The number of aliphatic carboxylic acids is 4. The van der Waals surface area contributed by atoms with Crippen LogP contribution in [0.3, 0.4) is 0 Å². The number of carbonyl (C=O) groups excluding carboxylic acids is 2. The van der Waals surface area contributed by atoms with Crippen LogP contribution in [-0.2, 0) is 54.7 Å². The first-order valence-corrected chi connectivity index (χ1v) is 22.6. The minimum atomic E-state index is -2.36. The number of hydrogen-bond acceptors (Lipinski definition) is 12. The molecule has 2 aliphatic heterocycles. The number of aromatic hydroxyl groups is 1. The zero-order valence-electron chi connectivity index (χ0n) is 36.7. The highest BCUT2D eigenvalue weighted by atomic mass is 28.4. The van der Waals surface area contributed by atoms with Crippen LogP contribution in [-0.4, -0.2) is 83.9 Å². The van der Waals surface area contributed by atoms with Gasteiger partial charge in [0.05, 0.1) is 39.9 Å². The molecule has 0 bridgehead atoms. The molecule has 2 aromatic rings. The minimum Gasteiger partial charge on any atom is -0.543 e. The van der Waals surface area contributed by atoms with Crippen molar-refractivity contribution in [3.8, 4) is 23.0 Å². The fraction of sp³-hybridized carbons (Fsp3) is 0.500. The average Bonchev–Trinajstić information content (AvgIpc) is 3.73. The molecule has 61 heavy (non-hydrogen) atoms. The molecule has 0 fully saturated rings. The summed E-state index contributed by atoms with van der Waals surface area (Å²) in [6.45, 7) is 17.7. The summed E-state index contributed by atoms with van der Waals surface area (Å²) < 4.78 is 28.2. The highest BCUT2D eigenvalue weighted by molar-refractivity contribution is 6.74. The maximum absolute atomic E-state index is 12.7. The van der Waals surface area contributed by atoms with Crippen molar-refractivity contribution in [3.63, 3.8) is 0 Å². The van der Waals surface area contributed by atoms with Crippen molar-refractivity contribution in [1.29, 1.82) is 0 Å². The number of cyclic esters (lactones) is 2. The van der Waals surface area contributed by atoms with Gasteiger partial charge in [0.1, 0.15) is 47.3 Å². The zero-order chi connectivity index (χ0) is 46.3. The van der Waals surface area contributed by atoms with Crippen LogP contribution in [0.15, 0.2) is 23.3 Å². The normalized spacial score (nSPS) is 13.9. The predicted octanol–water partition coefficient (Wildman–Crippen LogP) is 7.55. The lowest BCUT2D eigenvalue weighted by atomic mass is 9.90. The Hall–Kier alpha value is -5.84. The van der Waals surface area contributed by atoms with Crippen molar-refractivity contribution in [2.45, 2.75) is 118 Å². The molecule has 5 N–H and O–H groups in total.